The highest BCUT2D eigenvalue weighted by Crippen LogP contribution is 2.26. The summed E-state index contributed by atoms with van der Waals surface area (Å²) in [5.74, 6) is 0.833. The Morgan fingerprint density at radius 3 is 0.714 bits per heavy atom. The lowest BCUT2D eigenvalue weighted by molar-refractivity contribution is 0.272. The predicted molar refractivity (Wildman–Crippen MR) is 49.0 cm³/mol. The minimum Gasteiger partial charge on any atom is -0.303 e. The van der Waals surface area contributed by atoms with Gasteiger partial charge in [-0.15, -0.1) is 0 Å². The van der Waals surface area contributed by atoms with Crippen LogP contribution >= 0.6 is 15.6 Å². The Balaban J connectivity index is -0.000000131. The Hall–Kier alpha value is 0.220. The molecule has 0 rings (SSSR count). The van der Waals surface area contributed by atoms with Crippen molar-refractivity contribution in [2.75, 3.05) is 0 Å². The highest BCUT2D eigenvalue weighted by molar-refractivity contribution is 7.45. The van der Waals surface area contributed by atoms with E-state index in [-0.39, 0.29) is 0 Å². The van der Waals surface area contributed by atoms with Crippen LogP contribution in [-0.2, 0) is 9.13 Å². The minimum absolute atomic E-state index is 0.833. The summed E-state index contributed by atoms with van der Waals surface area (Å²) >= 11 is 0. The van der Waals surface area contributed by atoms with Gasteiger partial charge in [0.05, 0.1) is 0 Å². The maximum absolute atomic E-state index is 8.88. The van der Waals surface area contributed by atoms with Crippen LogP contribution < -0.4 is 0 Å². The molecular formula is C4H16O8P2. The molecule has 10 heteroatoms. The molecule has 0 amide bonds. The summed E-state index contributed by atoms with van der Waals surface area (Å²) in [6.45, 7) is 6.50. The normalized spacial score (nSPS) is 11.0. The summed E-state index contributed by atoms with van der Waals surface area (Å²) in [7, 11) is -9.28. The standard InChI is InChI=1S/C4H10.2H3O4P/c1-4(2)3;2*1-5(2,3)4/h4H,1-3H3;2*(H3,1,2,3,4). The van der Waals surface area contributed by atoms with Gasteiger partial charge in [0.1, 0.15) is 0 Å². The van der Waals surface area contributed by atoms with Crippen molar-refractivity contribution in [3.05, 3.63) is 0 Å². The average molecular weight is 254 g/mol. The fourth-order valence-corrected chi connectivity index (χ4v) is 0. The van der Waals surface area contributed by atoms with Crippen LogP contribution in [0.15, 0.2) is 0 Å². The molecule has 0 atom stereocenters. The highest BCUT2D eigenvalue weighted by atomic mass is 31.2. The Morgan fingerprint density at radius 2 is 0.714 bits per heavy atom. The van der Waals surface area contributed by atoms with E-state index >= 15 is 0 Å². The van der Waals surface area contributed by atoms with E-state index in [1.54, 1.807) is 0 Å². The number of phosphoric acid groups is 2. The fourth-order valence-electron chi connectivity index (χ4n) is 0. The molecule has 0 radical (unpaired) electrons. The first-order valence-corrected chi connectivity index (χ1v) is 6.43. The lowest BCUT2D eigenvalue weighted by Crippen LogP contribution is -1.66. The van der Waals surface area contributed by atoms with Crippen molar-refractivity contribution in [3.63, 3.8) is 0 Å². The topological polar surface area (TPSA) is 156 Å². The zero-order chi connectivity index (χ0) is 12.6. The van der Waals surface area contributed by atoms with E-state index in [0.717, 1.165) is 5.92 Å². The van der Waals surface area contributed by atoms with Crippen molar-refractivity contribution in [2.45, 2.75) is 20.8 Å². The quantitative estimate of drug-likeness (QED) is 0.325. The van der Waals surface area contributed by atoms with Gasteiger partial charge in [0, 0.05) is 0 Å². The van der Waals surface area contributed by atoms with Crippen LogP contribution in [0.3, 0.4) is 0 Å². The lowest BCUT2D eigenvalue weighted by Gasteiger charge is -1.82. The average Bonchev–Trinajstić information content (AvgIpc) is 1.45. The summed E-state index contributed by atoms with van der Waals surface area (Å²) in [6, 6.07) is 0. The molecule has 0 fully saturated rings. The minimum atomic E-state index is -4.64. The molecule has 6 N–H and O–H groups in total. The molecule has 0 aliphatic rings. The van der Waals surface area contributed by atoms with Gasteiger partial charge in [0.2, 0.25) is 0 Å². The fraction of sp³-hybridized carbons (Fsp3) is 1.00. The molecule has 0 spiro atoms. The van der Waals surface area contributed by atoms with E-state index in [1.807, 2.05) is 0 Å². The van der Waals surface area contributed by atoms with Gasteiger partial charge in [-0.3, -0.25) is 0 Å². The molecule has 0 aliphatic carbocycles. The van der Waals surface area contributed by atoms with Crippen molar-refractivity contribution < 1.29 is 38.5 Å². The first-order valence-electron chi connectivity index (χ1n) is 3.30. The molecule has 0 aromatic heterocycles. The summed E-state index contributed by atoms with van der Waals surface area (Å²) in [6.07, 6.45) is 0. The molecule has 0 heterocycles. The van der Waals surface area contributed by atoms with Crippen LogP contribution in [0.2, 0.25) is 0 Å². The predicted octanol–water partition coefficient (Wildman–Crippen LogP) is -0.195. The SMILES string of the molecule is CC(C)C.O=P(O)(O)O.O=P(O)(O)O. The Kier molecular flexibility index (Phi) is 12.0. The van der Waals surface area contributed by atoms with Gasteiger partial charge in [-0.2, -0.15) is 0 Å². The van der Waals surface area contributed by atoms with Crippen molar-refractivity contribution in [2.24, 2.45) is 5.92 Å². The van der Waals surface area contributed by atoms with E-state index < -0.39 is 15.6 Å². The molecule has 0 aromatic carbocycles. The third-order valence-electron chi connectivity index (χ3n) is 0. The monoisotopic (exact) mass is 254 g/mol. The van der Waals surface area contributed by atoms with Crippen LogP contribution in [-0.4, -0.2) is 29.4 Å². The van der Waals surface area contributed by atoms with Gasteiger partial charge < -0.3 is 29.4 Å². The van der Waals surface area contributed by atoms with E-state index in [1.165, 1.54) is 0 Å². The van der Waals surface area contributed by atoms with Crippen LogP contribution in [0.25, 0.3) is 0 Å². The largest absolute Gasteiger partial charge is 0.466 e. The molecule has 0 saturated heterocycles. The van der Waals surface area contributed by atoms with Gasteiger partial charge in [0.25, 0.3) is 0 Å². The van der Waals surface area contributed by atoms with Crippen molar-refractivity contribution >= 4 is 15.6 Å². The van der Waals surface area contributed by atoms with E-state index in [0.29, 0.717) is 0 Å². The Morgan fingerprint density at radius 1 is 0.714 bits per heavy atom. The second-order valence-corrected chi connectivity index (χ2v) is 4.81. The van der Waals surface area contributed by atoms with Gasteiger partial charge in [-0.1, -0.05) is 20.8 Å². The van der Waals surface area contributed by atoms with Crippen molar-refractivity contribution in [1.82, 2.24) is 0 Å². The van der Waals surface area contributed by atoms with Crippen LogP contribution in [0.4, 0.5) is 0 Å². The molecule has 0 aromatic rings. The number of hydrogen-bond donors (Lipinski definition) is 6. The highest BCUT2D eigenvalue weighted by Gasteiger charge is 2.00. The third kappa shape index (κ3) is 31800. The zero-order valence-electron chi connectivity index (χ0n) is 7.97. The first-order chi connectivity index (χ1) is 5.73. The first kappa shape index (κ1) is 19.7. The summed E-state index contributed by atoms with van der Waals surface area (Å²) < 4.78 is 17.8. The molecule has 14 heavy (non-hydrogen) atoms. The maximum Gasteiger partial charge on any atom is 0.466 e. The van der Waals surface area contributed by atoms with Crippen LogP contribution in [0.5, 0.6) is 0 Å². The Bertz CT molecular complexity index is 162. The van der Waals surface area contributed by atoms with Crippen molar-refractivity contribution in [3.8, 4) is 0 Å². The summed E-state index contributed by atoms with van der Waals surface area (Å²) in [5, 5.41) is 0. The van der Waals surface area contributed by atoms with E-state index in [2.05, 4.69) is 20.8 Å². The van der Waals surface area contributed by atoms with Crippen molar-refractivity contribution in [1.29, 1.82) is 0 Å². The summed E-state index contributed by atoms with van der Waals surface area (Å²) in [5.41, 5.74) is 0. The van der Waals surface area contributed by atoms with E-state index in [9.17, 15) is 0 Å². The van der Waals surface area contributed by atoms with Gasteiger partial charge in [-0.05, 0) is 5.92 Å². The molecule has 90 valence electrons. The molecule has 0 saturated carbocycles. The molecule has 8 nitrogen and oxygen atoms in total. The number of rotatable bonds is 0. The molecular weight excluding hydrogens is 238 g/mol. The van der Waals surface area contributed by atoms with Gasteiger partial charge in [0.15, 0.2) is 0 Å². The third-order valence-corrected chi connectivity index (χ3v) is 0. The van der Waals surface area contributed by atoms with Gasteiger partial charge >= 0.3 is 15.6 Å². The maximum atomic E-state index is 8.88. The molecule has 0 bridgehead atoms. The lowest BCUT2D eigenvalue weighted by atomic mass is 10.3. The molecule has 0 unspecified atom stereocenters. The smallest absolute Gasteiger partial charge is 0.303 e. The second kappa shape index (κ2) is 8.52. The Labute approximate surface area is 81.7 Å². The second-order valence-electron chi connectivity index (χ2n) is 2.76. The summed E-state index contributed by atoms with van der Waals surface area (Å²) in [4.78, 5) is 43.1. The van der Waals surface area contributed by atoms with E-state index in [4.69, 9.17) is 38.5 Å². The van der Waals surface area contributed by atoms with Crippen LogP contribution in [0.1, 0.15) is 20.8 Å². The van der Waals surface area contributed by atoms with Crippen LogP contribution in [0, 0.1) is 5.92 Å². The van der Waals surface area contributed by atoms with Gasteiger partial charge in [-0.25, -0.2) is 9.13 Å². The zero-order valence-corrected chi connectivity index (χ0v) is 9.76. The number of hydrogen-bond acceptors (Lipinski definition) is 2. The molecule has 0 aliphatic heterocycles.